The molecule has 0 spiro atoms. The lowest BCUT2D eigenvalue weighted by atomic mass is 10.1. The molecule has 1 heterocycles. The van der Waals surface area contributed by atoms with E-state index in [-0.39, 0.29) is 18.6 Å². The monoisotopic (exact) mass is 190 g/mol. The van der Waals surface area contributed by atoms with Crippen LogP contribution in [0.2, 0.25) is 0 Å². The van der Waals surface area contributed by atoms with E-state index in [4.69, 9.17) is 4.74 Å². The number of amides is 1. The Kier molecular flexibility index (Phi) is 2.79. The molecule has 14 heavy (non-hydrogen) atoms. The number of carbonyl (C=O) groups is 1. The van der Waals surface area contributed by atoms with Gasteiger partial charge in [0.2, 0.25) is 0 Å². The van der Waals surface area contributed by atoms with Gasteiger partial charge in [0.15, 0.2) is 0 Å². The molecular formula is C11H12NO2. The largest absolute Gasteiger partial charge is 0.369 e. The minimum absolute atomic E-state index is 0.00125. The molecule has 2 rings (SSSR count). The third-order valence-electron chi connectivity index (χ3n) is 2.18. The first kappa shape index (κ1) is 9.21. The number of carbonyl (C=O) groups excluding carboxylic acids is 1. The van der Waals surface area contributed by atoms with Crippen molar-refractivity contribution in [2.75, 3.05) is 13.2 Å². The molecule has 0 N–H and O–H groups in total. The van der Waals surface area contributed by atoms with Gasteiger partial charge in [0.25, 0.3) is 5.91 Å². The molecule has 3 nitrogen and oxygen atoms in total. The highest BCUT2D eigenvalue weighted by molar-refractivity contribution is 5.77. The highest BCUT2D eigenvalue weighted by Gasteiger charge is 2.20. The van der Waals surface area contributed by atoms with Crippen LogP contribution in [0, 0.1) is 0 Å². The number of nitrogens with zero attached hydrogens (tertiary/aromatic N) is 1. The van der Waals surface area contributed by atoms with Crippen LogP contribution in [-0.4, -0.2) is 25.2 Å². The highest BCUT2D eigenvalue weighted by atomic mass is 16.5. The second-order valence-corrected chi connectivity index (χ2v) is 3.38. The van der Waals surface area contributed by atoms with Crippen LogP contribution in [0.3, 0.4) is 0 Å². The molecule has 1 unspecified atom stereocenters. The van der Waals surface area contributed by atoms with Crippen LogP contribution < -0.4 is 5.32 Å². The normalized spacial score (nSPS) is 21.7. The average Bonchev–Trinajstić information content (AvgIpc) is 2.19. The molecule has 1 amide bonds. The van der Waals surface area contributed by atoms with Gasteiger partial charge in [-0.1, -0.05) is 30.3 Å². The lowest BCUT2D eigenvalue weighted by Gasteiger charge is -2.20. The maximum atomic E-state index is 11.0. The maximum absolute atomic E-state index is 11.0. The van der Waals surface area contributed by atoms with E-state index in [2.05, 4.69) is 5.32 Å². The third kappa shape index (κ3) is 2.33. The first-order chi connectivity index (χ1) is 6.84. The average molecular weight is 190 g/mol. The summed E-state index contributed by atoms with van der Waals surface area (Å²) in [6.45, 7) is 0.700. The van der Waals surface area contributed by atoms with E-state index in [1.165, 1.54) is 5.56 Å². The number of ether oxygens (including phenoxy) is 1. The van der Waals surface area contributed by atoms with Crippen LogP contribution in [0.15, 0.2) is 30.3 Å². The van der Waals surface area contributed by atoms with Crippen molar-refractivity contribution in [1.82, 2.24) is 5.32 Å². The Labute approximate surface area is 83.1 Å². The first-order valence-corrected chi connectivity index (χ1v) is 4.70. The van der Waals surface area contributed by atoms with Gasteiger partial charge in [-0.15, -0.1) is 0 Å². The Morgan fingerprint density at radius 2 is 2.14 bits per heavy atom. The van der Waals surface area contributed by atoms with E-state index in [1.807, 2.05) is 30.3 Å². The van der Waals surface area contributed by atoms with Gasteiger partial charge in [-0.05, 0) is 12.0 Å². The summed E-state index contributed by atoms with van der Waals surface area (Å²) in [6.07, 6.45) is 0.784. The van der Waals surface area contributed by atoms with Crippen molar-refractivity contribution in [1.29, 1.82) is 0 Å². The van der Waals surface area contributed by atoms with Gasteiger partial charge in [0.05, 0.1) is 12.6 Å². The van der Waals surface area contributed by atoms with Crippen molar-refractivity contribution in [2.24, 2.45) is 0 Å². The third-order valence-corrected chi connectivity index (χ3v) is 2.18. The molecule has 0 saturated carbocycles. The molecule has 0 aromatic heterocycles. The van der Waals surface area contributed by atoms with E-state index in [1.54, 1.807) is 0 Å². The standard InChI is InChI=1S/C11H12NO2/c13-11-8-14-7-10(12-11)6-9-4-2-1-3-5-9/h1-5,10H,6-8H2. The summed E-state index contributed by atoms with van der Waals surface area (Å²) in [5, 5.41) is 4.01. The SMILES string of the molecule is O=C1COCC(Cc2ccccc2)[N]1. The zero-order valence-electron chi connectivity index (χ0n) is 7.85. The molecule has 1 aliphatic heterocycles. The lowest BCUT2D eigenvalue weighted by molar-refractivity contribution is -0.131. The minimum atomic E-state index is -0.141. The number of rotatable bonds is 2. The number of benzene rings is 1. The summed E-state index contributed by atoms with van der Waals surface area (Å²) in [5.41, 5.74) is 1.19. The molecule has 0 aliphatic carbocycles. The lowest BCUT2D eigenvalue weighted by Crippen LogP contribution is -2.41. The number of hydrogen-bond donors (Lipinski definition) is 0. The van der Waals surface area contributed by atoms with Gasteiger partial charge in [-0.2, -0.15) is 0 Å². The molecule has 1 aromatic carbocycles. The molecule has 1 aromatic rings. The molecule has 1 atom stereocenters. The van der Waals surface area contributed by atoms with Crippen LogP contribution in [0.1, 0.15) is 5.56 Å². The molecular weight excluding hydrogens is 178 g/mol. The van der Waals surface area contributed by atoms with E-state index >= 15 is 0 Å². The van der Waals surface area contributed by atoms with E-state index in [0.717, 1.165) is 6.42 Å². The zero-order valence-corrected chi connectivity index (χ0v) is 7.85. The molecule has 1 saturated heterocycles. The predicted molar refractivity (Wildman–Crippen MR) is 51.9 cm³/mol. The summed E-state index contributed by atoms with van der Waals surface area (Å²) in [7, 11) is 0. The zero-order chi connectivity index (χ0) is 9.80. The molecule has 1 fully saturated rings. The van der Waals surface area contributed by atoms with E-state index in [9.17, 15) is 4.79 Å². The van der Waals surface area contributed by atoms with Crippen LogP contribution in [0.4, 0.5) is 0 Å². The highest BCUT2D eigenvalue weighted by Crippen LogP contribution is 2.06. The minimum Gasteiger partial charge on any atom is -0.369 e. The molecule has 1 radical (unpaired) electrons. The van der Waals surface area contributed by atoms with Gasteiger partial charge in [0, 0.05) is 0 Å². The topological polar surface area (TPSA) is 40.4 Å². The number of morpholine rings is 1. The Morgan fingerprint density at radius 1 is 1.36 bits per heavy atom. The van der Waals surface area contributed by atoms with Crippen molar-refractivity contribution in [3.63, 3.8) is 0 Å². The van der Waals surface area contributed by atoms with Crippen molar-refractivity contribution in [3.8, 4) is 0 Å². The van der Waals surface area contributed by atoms with Gasteiger partial charge < -0.3 is 4.74 Å². The van der Waals surface area contributed by atoms with Gasteiger partial charge in [-0.25, -0.2) is 5.32 Å². The van der Waals surface area contributed by atoms with E-state index < -0.39 is 0 Å². The Morgan fingerprint density at radius 3 is 2.86 bits per heavy atom. The fraction of sp³-hybridized carbons (Fsp3) is 0.364. The molecule has 73 valence electrons. The quantitative estimate of drug-likeness (QED) is 0.690. The summed E-state index contributed by atoms with van der Waals surface area (Å²) in [4.78, 5) is 11.0. The summed E-state index contributed by atoms with van der Waals surface area (Å²) in [5.74, 6) is -0.141. The predicted octanol–water partition coefficient (Wildman–Crippen LogP) is 0.759. The van der Waals surface area contributed by atoms with Crippen molar-refractivity contribution in [2.45, 2.75) is 12.5 Å². The Bertz CT molecular complexity index is 310. The summed E-state index contributed by atoms with van der Waals surface area (Å²) in [6, 6.07) is 10.0. The summed E-state index contributed by atoms with van der Waals surface area (Å²) < 4.78 is 5.12. The van der Waals surface area contributed by atoms with Crippen molar-refractivity contribution >= 4 is 5.91 Å². The molecule has 0 bridgehead atoms. The van der Waals surface area contributed by atoms with Crippen LogP contribution in [0.5, 0.6) is 0 Å². The number of hydrogen-bond acceptors (Lipinski definition) is 2. The van der Waals surface area contributed by atoms with Gasteiger partial charge in [-0.3, -0.25) is 4.79 Å². The van der Waals surface area contributed by atoms with Gasteiger partial charge in [0.1, 0.15) is 6.61 Å². The summed E-state index contributed by atoms with van der Waals surface area (Å²) >= 11 is 0. The smallest absolute Gasteiger partial charge is 0.267 e. The molecule has 3 heteroatoms. The Hall–Kier alpha value is -1.35. The van der Waals surface area contributed by atoms with Crippen LogP contribution in [-0.2, 0) is 16.0 Å². The van der Waals surface area contributed by atoms with Crippen molar-refractivity contribution < 1.29 is 9.53 Å². The van der Waals surface area contributed by atoms with Crippen LogP contribution in [0.25, 0.3) is 0 Å². The molecule has 1 aliphatic rings. The maximum Gasteiger partial charge on any atom is 0.267 e. The fourth-order valence-electron chi connectivity index (χ4n) is 1.55. The van der Waals surface area contributed by atoms with Gasteiger partial charge >= 0.3 is 0 Å². The van der Waals surface area contributed by atoms with Crippen LogP contribution >= 0.6 is 0 Å². The second-order valence-electron chi connectivity index (χ2n) is 3.38. The fourth-order valence-corrected chi connectivity index (χ4v) is 1.55. The first-order valence-electron chi connectivity index (χ1n) is 4.70. The second kappa shape index (κ2) is 4.24. The van der Waals surface area contributed by atoms with E-state index in [0.29, 0.717) is 6.61 Å². The Balaban J connectivity index is 1.94. The van der Waals surface area contributed by atoms with Crippen molar-refractivity contribution in [3.05, 3.63) is 35.9 Å².